The summed E-state index contributed by atoms with van der Waals surface area (Å²) in [6.07, 6.45) is 14.9. The Kier molecular flexibility index (Phi) is 11.0. The van der Waals surface area contributed by atoms with Crippen molar-refractivity contribution in [1.29, 1.82) is 0 Å². The Labute approximate surface area is 214 Å². The van der Waals surface area contributed by atoms with Crippen molar-refractivity contribution < 1.29 is 13.5 Å². The molecule has 3 rings (SSSR count). The highest BCUT2D eigenvalue weighted by Gasteiger charge is 2.14. The lowest BCUT2D eigenvalue weighted by Crippen LogP contribution is -2.08. The van der Waals surface area contributed by atoms with E-state index in [9.17, 15) is 8.78 Å². The first-order chi connectivity index (χ1) is 17.5. The molecule has 0 saturated carbocycles. The van der Waals surface area contributed by atoms with Crippen LogP contribution in [0.15, 0.2) is 73.5 Å². The number of aromatic nitrogens is 1. The first-order valence-corrected chi connectivity index (χ1v) is 13.0. The number of halogens is 2. The average molecular weight is 490 g/mol. The van der Waals surface area contributed by atoms with Crippen molar-refractivity contribution in [3.63, 3.8) is 0 Å². The number of rotatable bonds is 14. The minimum atomic E-state index is -0.853. The first-order valence-electron chi connectivity index (χ1n) is 13.0. The van der Waals surface area contributed by atoms with Crippen LogP contribution in [0.25, 0.3) is 28.5 Å². The quantitative estimate of drug-likeness (QED) is 0.166. The molecule has 1 atom stereocenters. The van der Waals surface area contributed by atoms with Crippen LogP contribution in [0.3, 0.4) is 0 Å². The van der Waals surface area contributed by atoms with Crippen molar-refractivity contribution >= 4 is 6.08 Å². The predicted molar refractivity (Wildman–Crippen MR) is 147 cm³/mol. The molecular weight excluding hydrogens is 452 g/mol. The first kappa shape index (κ1) is 27.5. The molecule has 0 amide bonds. The molecule has 0 radical (unpaired) electrons. The van der Waals surface area contributed by atoms with Crippen molar-refractivity contribution in [2.24, 2.45) is 0 Å². The third-order valence-electron chi connectivity index (χ3n) is 6.25. The fourth-order valence-corrected chi connectivity index (χ4v) is 4.08. The van der Waals surface area contributed by atoms with Gasteiger partial charge < -0.3 is 4.74 Å². The van der Waals surface area contributed by atoms with E-state index < -0.39 is 11.6 Å². The molecule has 2 nitrogen and oxygen atoms in total. The van der Waals surface area contributed by atoms with Gasteiger partial charge in [0.2, 0.25) is 0 Å². The molecule has 0 aliphatic heterocycles. The standard InChI is InChI=1S/C32H37F2NO/c1-4-6-10-22-36-24(3)12-8-7-9-13-25-14-16-26(17-15-25)30-21-19-28(23-35-30)29-20-18-27(11-5-2)31(33)32(29)34/h5,9,13-21,23-24H,2,4,6-8,10-12,22H2,1,3H3. The van der Waals surface area contributed by atoms with E-state index >= 15 is 0 Å². The second-order valence-corrected chi connectivity index (χ2v) is 9.17. The molecule has 0 aliphatic carbocycles. The van der Waals surface area contributed by atoms with Crippen LogP contribution in [0.5, 0.6) is 0 Å². The number of hydrogen-bond donors (Lipinski definition) is 0. The molecule has 2 aromatic carbocycles. The normalized spacial score (nSPS) is 12.2. The largest absolute Gasteiger partial charge is 0.379 e. The summed E-state index contributed by atoms with van der Waals surface area (Å²) in [5, 5.41) is 0. The van der Waals surface area contributed by atoms with Crippen molar-refractivity contribution in [3.8, 4) is 22.4 Å². The van der Waals surface area contributed by atoms with Gasteiger partial charge in [0.25, 0.3) is 0 Å². The molecule has 3 aromatic rings. The molecule has 0 fully saturated rings. The Morgan fingerprint density at radius 3 is 2.42 bits per heavy atom. The molecule has 190 valence electrons. The van der Waals surface area contributed by atoms with Gasteiger partial charge in [0.15, 0.2) is 11.6 Å². The summed E-state index contributed by atoms with van der Waals surface area (Å²) in [4.78, 5) is 4.48. The molecule has 4 heteroatoms. The molecule has 0 N–H and O–H groups in total. The maximum atomic E-state index is 14.6. The zero-order valence-electron chi connectivity index (χ0n) is 21.5. The van der Waals surface area contributed by atoms with Crippen molar-refractivity contribution in [1.82, 2.24) is 4.98 Å². The number of ether oxygens (including phenoxy) is 1. The summed E-state index contributed by atoms with van der Waals surface area (Å²) in [6.45, 7) is 8.81. The van der Waals surface area contributed by atoms with Gasteiger partial charge in [0.1, 0.15) is 0 Å². The van der Waals surface area contributed by atoms with Crippen LogP contribution in [0.2, 0.25) is 0 Å². The van der Waals surface area contributed by atoms with Crippen LogP contribution in [0, 0.1) is 11.6 Å². The van der Waals surface area contributed by atoms with Gasteiger partial charge in [0, 0.05) is 29.5 Å². The molecule has 1 aromatic heterocycles. The summed E-state index contributed by atoms with van der Waals surface area (Å²) in [6, 6.07) is 15.0. The van der Waals surface area contributed by atoms with Gasteiger partial charge in [0.05, 0.1) is 11.8 Å². The Morgan fingerprint density at radius 1 is 0.944 bits per heavy atom. The lowest BCUT2D eigenvalue weighted by Gasteiger charge is -2.12. The van der Waals surface area contributed by atoms with E-state index in [0.29, 0.717) is 23.7 Å². The summed E-state index contributed by atoms with van der Waals surface area (Å²) < 4.78 is 34.7. The molecule has 36 heavy (non-hydrogen) atoms. The highest BCUT2D eigenvalue weighted by Crippen LogP contribution is 2.28. The molecule has 0 spiro atoms. The van der Waals surface area contributed by atoms with Gasteiger partial charge >= 0.3 is 0 Å². The molecule has 1 heterocycles. The van der Waals surface area contributed by atoms with E-state index in [4.69, 9.17) is 4.74 Å². The number of pyridine rings is 1. The number of allylic oxidation sites excluding steroid dienone is 2. The molecule has 1 unspecified atom stereocenters. The molecule has 0 saturated heterocycles. The summed E-state index contributed by atoms with van der Waals surface area (Å²) >= 11 is 0. The minimum absolute atomic E-state index is 0.206. The number of unbranched alkanes of at least 4 members (excludes halogenated alkanes) is 3. The second-order valence-electron chi connectivity index (χ2n) is 9.17. The fraction of sp³-hybridized carbons (Fsp3) is 0.344. The maximum absolute atomic E-state index is 14.6. The second kappa shape index (κ2) is 14.4. The monoisotopic (exact) mass is 489 g/mol. The molecule has 0 aliphatic rings. The average Bonchev–Trinajstić information content (AvgIpc) is 2.90. The Hall–Kier alpha value is -3.11. The lowest BCUT2D eigenvalue weighted by molar-refractivity contribution is 0.0566. The van der Waals surface area contributed by atoms with Gasteiger partial charge in [-0.1, -0.05) is 80.5 Å². The smallest absolute Gasteiger partial charge is 0.166 e. The van der Waals surface area contributed by atoms with Gasteiger partial charge in [-0.15, -0.1) is 6.58 Å². The zero-order chi connectivity index (χ0) is 25.8. The van der Waals surface area contributed by atoms with E-state index in [2.05, 4.69) is 49.7 Å². The van der Waals surface area contributed by atoms with Gasteiger partial charge in [-0.2, -0.15) is 0 Å². The third-order valence-corrected chi connectivity index (χ3v) is 6.25. The lowest BCUT2D eigenvalue weighted by atomic mass is 10.0. The van der Waals surface area contributed by atoms with E-state index in [1.165, 1.54) is 12.8 Å². The SMILES string of the molecule is C=CCc1ccc(-c2ccc(-c3ccc(C=CCCCC(C)OCCCCC)cc3)nc2)c(F)c1F. The van der Waals surface area contributed by atoms with Gasteiger partial charge in [-0.05, 0) is 56.2 Å². The number of nitrogens with zero attached hydrogens (tertiary/aromatic N) is 1. The van der Waals surface area contributed by atoms with Crippen LogP contribution in [0.4, 0.5) is 8.78 Å². The van der Waals surface area contributed by atoms with Crippen molar-refractivity contribution in [3.05, 3.63) is 96.2 Å². The molecular formula is C32H37F2NO. The summed E-state index contributed by atoms with van der Waals surface area (Å²) in [5.74, 6) is -1.68. The maximum Gasteiger partial charge on any atom is 0.166 e. The minimum Gasteiger partial charge on any atom is -0.379 e. The fourth-order valence-electron chi connectivity index (χ4n) is 4.08. The van der Waals surface area contributed by atoms with Crippen molar-refractivity contribution in [2.45, 2.75) is 64.9 Å². The van der Waals surface area contributed by atoms with E-state index in [-0.39, 0.29) is 5.56 Å². The highest BCUT2D eigenvalue weighted by atomic mass is 19.2. The topological polar surface area (TPSA) is 22.1 Å². The Bertz CT molecular complexity index is 1120. The van der Waals surface area contributed by atoms with Crippen LogP contribution < -0.4 is 0 Å². The summed E-state index contributed by atoms with van der Waals surface area (Å²) in [7, 11) is 0. The van der Waals surface area contributed by atoms with Crippen molar-refractivity contribution in [2.75, 3.05) is 6.61 Å². The van der Waals surface area contributed by atoms with E-state index in [0.717, 1.165) is 49.1 Å². The van der Waals surface area contributed by atoms with Crippen LogP contribution in [0.1, 0.15) is 63.5 Å². The highest BCUT2D eigenvalue weighted by molar-refractivity contribution is 5.68. The number of benzene rings is 2. The van der Waals surface area contributed by atoms with Crippen LogP contribution in [-0.4, -0.2) is 17.7 Å². The predicted octanol–water partition coefficient (Wildman–Crippen LogP) is 9.20. The van der Waals surface area contributed by atoms with E-state index in [1.54, 1.807) is 30.5 Å². The summed E-state index contributed by atoms with van der Waals surface area (Å²) in [5.41, 5.74) is 3.94. The zero-order valence-corrected chi connectivity index (χ0v) is 21.5. The van der Waals surface area contributed by atoms with Crippen LogP contribution >= 0.6 is 0 Å². The Morgan fingerprint density at radius 2 is 1.72 bits per heavy atom. The third kappa shape index (κ3) is 7.96. The Balaban J connectivity index is 1.52. The molecule has 0 bridgehead atoms. The van der Waals surface area contributed by atoms with Gasteiger partial charge in [-0.25, -0.2) is 8.78 Å². The van der Waals surface area contributed by atoms with Gasteiger partial charge in [-0.3, -0.25) is 4.98 Å². The van der Waals surface area contributed by atoms with Crippen LogP contribution in [-0.2, 0) is 11.2 Å². The van der Waals surface area contributed by atoms with E-state index in [1.807, 2.05) is 18.2 Å². The number of hydrogen-bond acceptors (Lipinski definition) is 2.